The molecule has 5 nitrogen and oxygen atoms in total. The SMILES string of the molecule is COc1ccc(N)cc1S(=O)(=O)Nc1ccc(Cl)cc1. The van der Waals surface area contributed by atoms with Gasteiger partial charge in [-0.1, -0.05) is 11.6 Å². The van der Waals surface area contributed by atoms with Crippen LogP contribution in [0.25, 0.3) is 0 Å². The number of nitrogens with two attached hydrogens (primary N) is 1. The minimum atomic E-state index is -3.79. The maximum Gasteiger partial charge on any atom is 0.265 e. The molecular weight excluding hydrogens is 300 g/mol. The van der Waals surface area contributed by atoms with E-state index < -0.39 is 10.0 Å². The van der Waals surface area contributed by atoms with Gasteiger partial charge in [0.15, 0.2) is 0 Å². The number of hydrogen-bond donors (Lipinski definition) is 2. The fraction of sp³-hybridized carbons (Fsp3) is 0.0769. The molecule has 0 aromatic heterocycles. The van der Waals surface area contributed by atoms with Crippen LogP contribution < -0.4 is 15.2 Å². The lowest BCUT2D eigenvalue weighted by Gasteiger charge is -2.12. The van der Waals surface area contributed by atoms with Crippen molar-refractivity contribution in [3.05, 3.63) is 47.5 Å². The first kappa shape index (κ1) is 14.5. The number of anilines is 2. The van der Waals surface area contributed by atoms with Crippen LogP contribution in [0.4, 0.5) is 11.4 Å². The first-order valence-corrected chi connectivity index (χ1v) is 7.50. The van der Waals surface area contributed by atoms with Gasteiger partial charge in [0.25, 0.3) is 10.0 Å². The Balaban J connectivity index is 2.40. The lowest BCUT2D eigenvalue weighted by Crippen LogP contribution is -2.14. The van der Waals surface area contributed by atoms with Gasteiger partial charge in [0.05, 0.1) is 7.11 Å². The Kier molecular flexibility index (Phi) is 4.06. The minimum absolute atomic E-state index is 0.0186. The number of nitrogen functional groups attached to an aromatic ring is 1. The van der Waals surface area contributed by atoms with Crippen molar-refractivity contribution < 1.29 is 13.2 Å². The molecule has 2 aromatic rings. The third-order valence-electron chi connectivity index (χ3n) is 2.57. The minimum Gasteiger partial charge on any atom is -0.495 e. The molecule has 0 heterocycles. The maximum absolute atomic E-state index is 12.3. The summed E-state index contributed by atoms with van der Waals surface area (Å²) >= 11 is 5.75. The first-order valence-electron chi connectivity index (χ1n) is 5.64. The molecule has 7 heteroatoms. The number of rotatable bonds is 4. The number of sulfonamides is 1. The fourth-order valence-corrected chi connectivity index (χ4v) is 3.02. The van der Waals surface area contributed by atoms with Gasteiger partial charge in [0, 0.05) is 16.4 Å². The third kappa shape index (κ3) is 3.15. The zero-order valence-electron chi connectivity index (χ0n) is 10.6. The molecule has 0 aliphatic carbocycles. The van der Waals surface area contributed by atoms with Gasteiger partial charge in [-0.3, -0.25) is 4.72 Å². The third-order valence-corrected chi connectivity index (χ3v) is 4.23. The van der Waals surface area contributed by atoms with Crippen molar-refractivity contribution in [1.29, 1.82) is 0 Å². The van der Waals surface area contributed by atoms with E-state index in [1.54, 1.807) is 30.3 Å². The van der Waals surface area contributed by atoms with Crippen LogP contribution in [0.1, 0.15) is 0 Å². The lowest BCUT2D eigenvalue weighted by atomic mass is 10.3. The molecule has 0 unspecified atom stereocenters. The van der Waals surface area contributed by atoms with E-state index >= 15 is 0 Å². The van der Waals surface area contributed by atoms with Crippen LogP contribution >= 0.6 is 11.6 Å². The van der Waals surface area contributed by atoms with Crippen LogP contribution in [-0.4, -0.2) is 15.5 Å². The van der Waals surface area contributed by atoms with Crippen molar-refractivity contribution in [3.8, 4) is 5.75 Å². The number of hydrogen-bond acceptors (Lipinski definition) is 4. The summed E-state index contributed by atoms with van der Waals surface area (Å²) in [6.45, 7) is 0. The molecule has 0 atom stereocenters. The number of ether oxygens (including phenoxy) is 1. The normalized spacial score (nSPS) is 11.1. The van der Waals surface area contributed by atoms with Crippen molar-refractivity contribution in [2.75, 3.05) is 17.6 Å². The average Bonchev–Trinajstić information content (AvgIpc) is 2.41. The van der Waals surface area contributed by atoms with Gasteiger partial charge < -0.3 is 10.5 Å². The second-order valence-corrected chi connectivity index (χ2v) is 6.11. The summed E-state index contributed by atoms with van der Waals surface area (Å²) in [5.74, 6) is 0.223. The van der Waals surface area contributed by atoms with Gasteiger partial charge in [0.1, 0.15) is 10.6 Å². The molecule has 3 N–H and O–H groups in total. The van der Waals surface area contributed by atoms with Gasteiger partial charge in [0.2, 0.25) is 0 Å². The quantitative estimate of drug-likeness (QED) is 0.851. The molecule has 0 fully saturated rings. The number of methoxy groups -OCH3 is 1. The van der Waals surface area contributed by atoms with Crippen LogP contribution in [0, 0.1) is 0 Å². The summed E-state index contributed by atoms with van der Waals surface area (Å²) in [5, 5.41) is 0.523. The van der Waals surface area contributed by atoms with E-state index in [0.717, 1.165) is 0 Å². The molecule has 0 aliphatic rings. The van der Waals surface area contributed by atoms with Gasteiger partial charge >= 0.3 is 0 Å². The van der Waals surface area contributed by atoms with E-state index in [-0.39, 0.29) is 10.6 Å². The Morgan fingerprint density at radius 2 is 1.80 bits per heavy atom. The first-order chi connectivity index (χ1) is 9.42. The molecule has 0 saturated heterocycles. The predicted octanol–water partition coefficient (Wildman–Crippen LogP) is 2.73. The molecule has 2 rings (SSSR count). The van der Waals surface area contributed by atoms with Crippen molar-refractivity contribution in [2.24, 2.45) is 0 Å². The second kappa shape index (κ2) is 5.60. The Bertz CT molecular complexity index is 715. The molecule has 106 valence electrons. The van der Waals surface area contributed by atoms with Crippen molar-refractivity contribution in [2.45, 2.75) is 4.90 Å². The largest absolute Gasteiger partial charge is 0.495 e. The fourth-order valence-electron chi connectivity index (χ4n) is 1.63. The van der Waals surface area contributed by atoms with Crippen molar-refractivity contribution >= 4 is 33.0 Å². The van der Waals surface area contributed by atoms with Crippen LogP contribution in [0.15, 0.2) is 47.4 Å². The van der Waals surface area contributed by atoms with Crippen molar-refractivity contribution in [3.63, 3.8) is 0 Å². The highest BCUT2D eigenvalue weighted by molar-refractivity contribution is 7.92. The van der Waals surface area contributed by atoms with Gasteiger partial charge in [-0.05, 0) is 42.5 Å². The van der Waals surface area contributed by atoms with E-state index in [2.05, 4.69) is 4.72 Å². The predicted molar refractivity (Wildman–Crippen MR) is 79.7 cm³/mol. The molecule has 0 bridgehead atoms. The van der Waals surface area contributed by atoms with Crippen LogP contribution in [-0.2, 0) is 10.0 Å². The van der Waals surface area contributed by atoms with Crippen molar-refractivity contribution in [1.82, 2.24) is 0 Å². The Morgan fingerprint density at radius 1 is 1.15 bits per heavy atom. The second-order valence-electron chi connectivity index (χ2n) is 4.02. The lowest BCUT2D eigenvalue weighted by molar-refractivity contribution is 0.403. The molecule has 0 saturated carbocycles. The molecule has 0 spiro atoms. The van der Waals surface area contributed by atoms with Crippen LogP contribution in [0.3, 0.4) is 0 Å². The molecule has 0 radical (unpaired) electrons. The molecule has 0 aliphatic heterocycles. The van der Waals surface area contributed by atoms with E-state index in [1.165, 1.54) is 19.2 Å². The van der Waals surface area contributed by atoms with E-state index in [0.29, 0.717) is 16.4 Å². The summed E-state index contributed by atoms with van der Waals surface area (Å²) in [4.78, 5) is -0.0186. The molecule has 2 aromatic carbocycles. The summed E-state index contributed by atoms with van der Waals surface area (Å²) in [7, 11) is -2.39. The monoisotopic (exact) mass is 312 g/mol. The number of nitrogens with one attached hydrogen (secondary N) is 1. The van der Waals surface area contributed by atoms with E-state index in [4.69, 9.17) is 22.1 Å². The highest BCUT2D eigenvalue weighted by atomic mass is 35.5. The van der Waals surface area contributed by atoms with Crippen LogP contribution in [0.2, 0.25) is 5.02 Å². The summed E-state index contributed by atoms with van der Waals surface area (Å²) in [5.41, 5.74) is 6.36. The Morgan fingerprint density at radius 3 is 2.40 bits per heavy atom. The molecule has 20 heavy (non-hydrogen) atoms. The summed E-state index contributed by atoms with van der Waals surface area (Å²) in [6, 6.07) is 10.7. The summed E-state index contributed by atoms with van der Waals surface area (Å²) in [6.07, 6.45) is 0. The maximum atomic E-state index is 12.3. The number of benzene rings is 2. The highest BCUT2D eigenvalue weighted by Gasteiger charge is 2.20. The zero-order valence-corrected chi connectivity index (χ0v) is 12.2. The topological polar surface area (TPSA) is 81.4 Å². The zero-order chi connectivity index (χ0) is 14.8. The van der Waals surface area contributed by atoms with E-state index in [1.807, 2.05) is 0 Å². The highest BCUT2D eigenvalue weighted by Crippen LogP contribution is 2.28. The number of halogens is 1. The Hall–Kier alpha value is -1.92. The molecular formula is C13H13ClN2O3S. The standard InChI is InChI=1S/C13H13ClN2O3S/c1-19-12-7-4-10(15)8-13(12)20(17,18)16-11-5-2-9(14)3-6-11/h2-8,16H,15H2,1H3. The molecule has 0 amide bonds. The van der Waals surface area contributed by atoms with E-state index in [9.17, 15) is 8.42 Å². The average molecular weight is 313 g/mol. The smallest absolute Gasteiger partial charge is 0.265 e. The van der Waals surface area contributed by atoms with Gasteiger partial charge in [-0.15, -0.1) is 0 Å². The summed E-state index contributed by atoms with van der Waals surface area (Å²) < 4.78 is 32.2. The van der Waals surface area contributed by atoms with Gasteiger partial charge in [-0.2, -0.15) is 0 Å². The van der Waals surface area contributed by atoms with Gasteiger partial charge in [-0.25, -0.2) is 8.42 Å². The van der Waals surface area contributed by atoms with Crippen LogP contribution in [0.5, 0.6) is 5.75 Å². The Labute approximate surface area is 122 Å².